The molecule has 22 heavy (non-hydrogen) atoms. The second-order valence-corrected chi connectivity index (χ2v) is 5.23. The van der Waals surface area contributed by atoms with Gasteiger partial charge in [-0.25, -0.2) is 0 Å². The maximum absolute atomic E-state index is 12.0. The lowest BCUT2D eigenvalue weighted by Gasteiger charge is -2.30. The van der Waals surface area contributed by atoms with Crippen molar-refractivity contribution in [2.75, 3.05) is 19.6 Å². The van der Waals surface area contributed by atoms with Gasteiger partial charge < -0.3 is 5.32 Å². The number of hydrogen-bond donors (Lipinski definition) is 2. The predicted molar refractivity (Wildman–Crippen MR) is 85.8 cm³/mol. The number of benzene rings is 1. The Labute approximate surface area is 134 Å². The Hall–Kier alpha value is -1.92. The fraction of sp³-hybridized carbons (Fsp3) is 0.400. The first-order chi connectivity index (χ1) is 10.7. The lowest BCUT2D eigenvalue weighted by atomic mass is 10.0. The summed E-state index contributed by atoms with van der Waals surface area (Å²) in [7, 11) is 0. The molecule has 1 amide bonds. The van der Waals surface area contributed by atoms with Gasteiger partial charge in [-0.3, -0.25) is 9.69 Å². The molecule has 6 nitrogen and oxygen atoms in total. The maximum Gasteiger partial charge on any atom is 0.273 e. The number of nitrogens with one attached hydrogen (secondary N) is 2. The first-order valence-electron chi connectivity index (χ1n) is 7.29. The molecular formula is C15H20ClN5O. The second-order valence-electron chi connectivity index (χ2n) is 4.82. The van der Waals surface area contributed by atoms with Crippen molar-refractivity contribution in [3.05, 3.63) is 46.7 Å². The van der Waals surface area contributed by atoms with Crippen LogP contribution in [0.2, 0.25) is 5.02 Å². The molecule has 0 bridgehead atoms. The van der Waals surface area contributed by atoms with Gasteiger partial charge in [-0.1, -0.05) is 43.6 Å². The van der Waals surface area contributed by atoms with E-state index in [0.717, 1.165) is 18.7 Å². The number of aromatic nitrogens is 3. The first kappa shape index (κ1) is 16.5. The number of likely N-dealkylation sites (N-methyl/N-ethyl adjacent to an activating group) is 1. The Balaban J connectivity index is 2.15. The number of carbonyl (C=O) groups is 1. The van der Waals surface area contributed by atoms with Gasteiger partial charge >= 0.3 is 0 Å². The second kappa shape index (κ2) is 7.91. The molecule has 0 aliphatic heterocycles. The molecule has 7 heteroatoms. The highest BCUT2D eigenvalue weighted by atomic mass is 35.5. The number of halogens is 1. The smallest absolute Gasteiger partial charge is 0.273 e. The molecule has 0 saturated carbocycles. The molecule has 1 atom stereocenters. The number of nitrogens with zero attached hydrogens (tertiary/aromatic N) is 3. The molecule has 2 rings (SSSR count). The zero-order valence-corrected chi connectivity index (χ0v) is 13.5. The van der Waals surface area contributed by atoms with Gasteiger partial charge in [0.05, 0.1) is 12.2 Å². The summed E-state index contributed by atoms with van der Waals surface area (Å²) in [5.74, 6) is -0.252. The topological polar surface area (TPSA) is 73.9 Å². The van der Waals surface area contributed by atoms with Crippen molar-refractivity contribution in [3.8, 4) is 0 Å². The number of hydrogen-bond acceptors (Lipinski definition) is 4. The van der Waals surface area contributed by atoms with Crippen LogP contribution in [0.1, 0.15) is 35.9 Å². The zero-order chi connectivity index (χ0) is 15.9. The third-order valence-electron chi connectivity index (χ3n) is 3.62. The Morgan fingerprint density at radius 1 is 1.36 bits per heavy atom. The van der Waals surface area contributed by atoms with Crippen molar-refractivity contribution in [2.45, 2.75) is 19.9 Å². The van der Waals surface area contributed by atoms with E-state index in [4.69, 9.17) is 11.6 Å². The summed E-state index contributed by atoms with van der Waals surface area (Å²) in [6, 6.07) is 7.73. The van der Waals surface area contributed by atoms with Gasteiger partial charge in [0, 0.05) is 11.6 Å². The number of amides is 1. The summed E-state index contributed by atoms with van der Waals surface area (Å²) in [6.45, 7) is 6.37. The van der Waals surface area contributed by atoms with E-state index in [1.165, 1.54) is 6.20 Å². The van der Waals surface area contributed by atoms with E-state index in [9.17, 15) is 4.79 Å². The molecule has 0 saturated heterocycles. The number of aromatic amines is 1. The largest absolute Gasteiger partial charge is 0.349 e. The van der Waals surface area contributed by atoms with E-state index in [1.807, 2.05) is 24.3 Å². The highest BCUT2D eigenvalue weighted by Gasteiger charge is 2.21. The molecule has 1 aromatic heterocycles. The van der Waals surface area contributed by atoms with Crippen molar-refractivity contribution in [1.82, 2.24) is 25.6 Å². The normalized spacial score (nSPS) is 12.4. The molecule has 0 spiro atoms. The molecule has 0 fully saturated rings. The quantitative estimate of drug-likeness (QED) is 0.820. The molecular weight excluding hydrogens is 302 g/mol. The van der Waals surface area contributed by atoms with Gasteiger partial charge in [0.2, 0.25) is 0 Å². The lowest BCUT2D eigenvalue weighted by molar-refractivity contribution is 0.0930. The summed E-state index contributed by atoms with van der Waals surface area (Å²) in [5, 5.41) is 13.5. The third kappa shape index (κ3) is 3.84. The van der Waals surface area contributed by atoms with E-state index in [2.05, 4.69) is 39.5 Å². The Morgan fingerprint density at radius 3 is 2.68 bits per heavy atom. The highest BCUT2D eigenvalue weighted by molar-refractivity contribution is 6.31. The van der Waals surface area contributed by atoms with Crippen LogP contribution in [-0.2, 0) is 0 Å². The van der Waals surface area contributed by atoms with Gasteiger partial charge in [0.15, 0.2) is 5.69 Å². The average Bonchev–Trinajstić information content (AvgIpc) is 3.06. The number of rotatable bonds is 7. The average molecular weight is 322 g/mol. The first-order valence-corrected chi connectivity index (χ1v) is 7.67. The zero-order valence-electron chi connectivity index (χ0n) is 12.7. The summed E-state index contributed by atoms with van der Waals surface area (Å²) in [6.07, 6.45) is 1.40. The van der Waals surface area contributed by atoms with Gasteiger partial charge in [-0.15, -0.1) is 0 Å². The van der Waals surface area contributed by atoms with E-state index < -0.39 is 0 Å². The molecule has 0 unspecified atom stereocenters. The molecule has 1 heterocycles. The van der Waals surface area contributed by atoms with Crippen molar-refractivity contribution in [2.24, 2.45) is 0 Å². The van der Waals surface area contributed by atoms with Gasteiger partial charge in [0.1, 0.15) is 0 Å². The van der Waals surface area contributed by atoms with Gasteiger partial charge in [-0.2, -0.15) is 15.4 Å². The number of carbonyl (C=O) groups excluding carboxylic acids is 1. The van der Waals surface area contributed by atoms with E-state index in [1.54, 1.807) is 0 Å². The minimum atomic E-state index is -0.252. The molecule has 0 aliphatic rings. The molecule has 0 radical (unpaired) electrons. The van der Waals surface area contributed by atoms with Crippen LogP contribution in [-0.4, -0.2) is 45.9 Å². The van der Waals surface area contributed by atoms with Crippen LogP contribution >= 0.6 is 11.6 Å². The molecule has 0 aliphatic carbocycles. The van der Waals surface area contributed by atoms with Gasteiger partial charge in [0.25, 0.3) is 5.91 Å². The standard InChI is InChI=1S/C15H20ClN5O/c1-3-21(4-2)14(11-7-5-6-8-12(11)16)10-17-15(22)13-9-18-20-19-13/h5-9,14H,3-4,10H2,1-2H3,(H,17,22)(H,18,19,20)/t14-/m1/s1. The minimum absolute atomic E-state index is 0.0135. The van der Waals surface area contributed by atoms with E-state index in [-0.39, 0.29) is 17.6 Å². The minimum Gasteiger partial charge on any atom is -0.349 e. The van der Waals surface area contributed by atoms with E-state index >= 15 is 0 Å². The summed E-state index contributed by atoms with van der Waals surface area (Å²) < 4.78 is 0. The van der Waals surface area contributed by atoms with Crippen LogP contribution in [0.25, 0.3) is 0 Å². The monoisotopic (exact) mass is 321 g/mol. The van der Waals surface area contributed by atoms with Crippen molar-refractivity contribution in [3.63, 3.8) is 0 Å². The summed E-state index contributed by atoms with van der Waals surface area (Å²) in [4.78, 5) is 14.3. The van der Waals surface area contributed by atoms with Crippen molar-refractivity contribution >= 4 is 17.5 Å². The third-order valence-corrected chi connectivity index (χ3v) is 3.97. The number of H-pyrrole nitrogens is 1. The predicted octanol–water partition coefficient (Wildman–Crippen LogP) is 2.27. The van der Waals surface area contributed by atoms with Crippen LogP contribution in [0, 0.1) is 0 Å². The van der Waals surface area contributed by atoms with Crippen molar-refractivity contribution in [1.29, 1.82) is 0 Å². The van der Waals surface area contributed by atoms with Crippen LogP contribution < -0.4 is 5.32 Å². The molecule has 2 aromatic rings. The van der Waals surface area contributed by atoms with Crippen LogP contribution in [0.3, 0.4) is 0 Å². The van der Waals surface area contributed by atoms with Crippen LogP contribution in [0.15, 0.2) is 30.5 Å². The fourth-order valence-electron chi connectivity index (χ4n) is 2.44. The van der Waals surface area contributed by atoms with Crippen LogP contribution in [0.5, 0.6) is 0 Å². The molecule has 1 aromatic carbocycles. The van der Waals surface area contributed by atoms with Crippen molar-refractivity contribution < 1.29 is 4.79 Å². The Morgan fingerprint density at radius 2 is 2.09 bits per heavy atom. The Bertz CT molecular complexity index is 598. The highest BCUT2D eigenvalue weighted by Crippen LogP contribution is 2.26. The van der Waals surface area contributed by atoms with Crippen LogP contribution in [0.4, 0.5) is 0 Å². The van der Waals surface area contributed by atoms with Gasteiger partial charge in [-0.05, 0) is 24.7 Å². The van der Waals surface area contributed by atoms with E-state index in [0.29, 0.717) is 11.6 Å². The lowest BCUT2D eigenvalue weighted by Crippen LogP contribution is -2.38. The summed E-state index contributed by atoms with van der Waals surface area (Å²) in [5.41, 5.74) is 1.28. The fourth-order valence-corrected chi connectivity index (χ4v) is 2.70. The Kier molecular flexibility index (Phi) is 5.91. The molecule has 118 valence electrons. The maximum atomic E-state index is 12.0. The summed E-state index contributed by atoms with van der Waals surface area (Å²) >= 11 is 6.33. The molecule has 2 N–H and O–H groups in total. The SMILES string of the molecule is CCN(CC)[C@H](CNC(=O)c1cn[nH]n1)c1ccccc1Cl.